The van der Waals surface area contributed by atoms with Crippen molar-refractivity contribution in [2.75, 3.05) is 12.4 Å². The van der Waals surface area contributed by atoms with Crippen molar-refractivity contribution in [2.24, 2.45) is 0 Å². The summed E-state index contributed by atoms with van der Waals surface area (Å²) in [5.41, 5.74) is 5.67. The molecule has 2 atom stereocenters. The second-order valence-electron chi connectivity index (χ2n) is 7.62. The van der Waals surface area contributed by atoms with Crippen molar-refractivity contribution < 1.29 is 9.53 Å². The average Bonchev–Trinajstić information content (AvgIpc) is 3.36. The van der Waals surface area contributed by atoms with Crippen molar-refractivity contribution in [3.8, 4) is 0 Å². The van der Waals surface area contributed by atoms with Gasteiger partial charge in [0.1, 0.15) is 5.01 Å². The van der Waals surface area contributed by atoms with Gasteiger partial charge in [-0.3, -0.25) is 9.78 Å². The Balaban J connectivity index is 1.63. The standard InChI is InChI=1S/C26H25N3O2S/c1-17-6-11-22(29-25(30)20-9-7-19(8-10-20)18(2)31-3)15-23(17)24(26-28-13-14-32-26)21-5-4-12-27-16-21/h4-16,18,24H,1-3H3,(H,29,30). The first kappa shape index (κ1) is 21.9. The molecule has 4 rings (SSSR count). The molecule has 0 saturated heterocycles. The maximum Gasteiger partial charge on any atom is 0.255 e. The number of rotatable bonds is 7. The zero-order valence-corrected chi connectivity index (χ0v) is 19.1. The number of hydrogen-bond acceptors (Lipinski definition) is 5. The maximum absolute atomic E-state index is 12.9. The Bertz CT molecular complexity index is 1180. The van der Waals surface area contributed by atoms with Crippen LogP contribution in [0, 0.1) is 6.92 Å². The van der Waals surface area contributed by atoms with Crippen LogP contribution >= 0.6 is 11.3 Å². The van der Waals surface area contributed by atoms with Gasteiger partial charge in [-0.15, -0.1) is 11.3 Å². The third kappa shape index (κ3) is 4.77. The number of nitrogens with one attached hydrogen (secondary N) is 1. The first-order chi connectivity index (χ1) is 15.6. The van der Waals surface area contributed by atoms with Gasteiger partial charge in [-0.2, -0.15) is 0 Å². The Kier molecular flexibility index (Phi) is 6.73. The van der Waals surface area contributed by atoms with E-state index in [1.807, 2.05) is 73.2 Å². The minimum atomic E-state index is -0.149. The maximum atomic E-state index is 12.9. The molecule has 32 heavy (non-hydrogen) atoms. The highest BCUT2D eigenvalue weighted by atomic mass is 32.1. The minimum Gasteiger partial charge on any atom is -0.377 e. The quantitative estimate of drug-likeness (QED) is 0.381. The molecule has 6 heteroatoms. The van der Waals surface area contributed by atoms with Crippen molar-refractivity contribution in [1.82, 2.24) is 9.97 Å². The van der Waals surface area contributed by atoms with E-state index in [1.165, 1.54) is 0 Å². The van der Waals surface area contributed by atoms with E-state index in [-0.39, 0.29) is 17.9 Å². The fourth-order valence-corrected chi connectivity index (χ4v) is 4.44. The Morgan fingerprint density at radius 1 is 1.06 bits per heavy atom. The van der Waals surface area contributed by atoms with Crippen LogP contribution in [0.15, 0.2) is 78.6 Å². The van der Waals surface area contributed by atoms with Gasteiger partial charge in [-0.25, -0.2) is 4.98 Å². The molecule has 2 heterocycles. The summed E-state index contributed by atoms with van der Waals surface area (Å²) in [6.07, 6.45) is 5.45. The summed E-state index contributed by atoms with van der Waals surface area (Å²) in [4.78, 5) is 21.7. The Morgan fingerprint density at radius 3 is 2.53 bits per heavy atom. The van der Waals surface area contributed by atoms with E-state index in [2.05, 4.69) is 28.3 Å². The molecule has 0 bridgehead atoms. The molecule has 0 radical (unpaired) electrons. The highest BCUT2D eigenvalue weighted by Gasteiger charge is 2.22. The van der Waals surface area contributed by atoms with Crippen molar-refractivity contribution in [1.29, 1.82) is 0 Å². The number of carbonyl (C=O) groups excluding carboxylic acids is 1. The number of benzene rings is 2. The minimum absolute atomic E-state index is 0.0120. The average molecular weight is 444 g/mol. The highest BCUT2D eigenvalue weighted by Crippen LogP contribution is 2.35. The van der Waals surface area contributed by atoms with Gasteiger partial charge in [0.25, 0.3) is 5.91 Å². The lowest BCUT2D eigenvalue weighted by atomic mass is 9.89. The number of carbonyl (C=O) groups is 1. The summed E-state index contributed by atoms with van der Waals surface area (Å²) >= 11 is 1.61. The zero-order chi connectivity index (χ0) is 22.5. The SMILES string of the molecule is COC(C)c1ccc(C(=O)Nc2ccc(C)c(C(c3cccnc3)c3nccs3)c2)cc1. The Hall–Kier alpha value is -3.35. The van der Waals surface area contributed by atoms with Gasteiger partial charge in [-0.05, 0) is 66.4 Å². The van der Waals surface area contributed by atoms with E-state index < -0.39 is 0 Å². The van der Waals surface area contributed by atoms with Crippen molar-refractivity contribution in [3.05, 3.63) is 111 Å². The summed E-state index contributed by atoms with van der Waals surface area (Å²) in [6, 6.07) is 17.5. The Morgan fingerprint density at radius 2 is 1.88 bits per heavy atom. The fraction of sp³-hybridized carbons (Fsp3) is 0.192. The molecule has 162 valence electrons. The second-order valence-corrected chi connectivity index (χ2v) is 8.54. The van der Waals surface area contributed by atoms with Crippen molar-refractivity contribution in [2.45, 2.75) is 25.9 Å². The fourth-order valence-electron chi connectivity index (χ4n) is 3.65. The number of hydrogen-bond donors (Lipinski definition) is 1. The number of pyridine rings is 1. The number of methoxy groups -OCH3 is 1. The number of aryl methyl sites for hydroxylation is 1. The van der Waals surface area contributed by atoms with Crippen LogP contribution in [-0.2, 0) is 4.74 Å². The lowest BCUT2D eigenvalue weighted by Crippen LogP contribution is -2.13. The number of anilines is 1. The van der Waals surface area contributed by atoms with E-state index in [0.717, 1.165) is 32.9 Å². The lowest BCUT2D eigenvalue weighted by molar-refractivity contribution is 0.102. The number of amides is 1. The summed E-state index contributed by atoms with van der Waals surface area (Å²) in [5.74, 6) is -0.195. The normalized spacial score (nSPS) is 12.8. The van der Waals surface area contributed by atoms with Gasteiger partial charge < -0.3 is 10.1 Å². The van der Waals surface area contributed by atoms with Gasteiger partial charge in [0.15, 0.2) is 0 Å². The molecular formula is C26H25N3O2S. The first-order valence-corrected chi connectivity index (χ1v) is 11.3. The summed E-state index contributed by atoms with van der Waals surface area (Å²) < 4.78 is 5.34. The lowest BCUT2D eigenvalue weighted by Gasteiger charge is -2.19. The number of ether oxygens (including phenoxy) is 1. The van der Waals surface area contributed by atoms with Crippen LogP contribution in [0.1, 0.15) is 56.6 Å². The van der Waals surface area contributed by atoms with E-state index in [4.69, 9.17) is 4.74 Å². The van der Waals surface area contributed by atoms with E-state index in [9.17, 15) is 4.79 Å². The van der Waals surface area contributed by atoms with E-state index >= 15 is 0 Å². The molecule has 5 nitrogen and oxygen atoms in total. The molecule has 1 amide bonds. The van der Waals surface area contributed by atoms with Crippen LogP contribution in [0.25, 0.3) is 0 Å². The molecule has 0 aliphatic heterocycles. The molecule has 0 aliphatic rings. The summed E-state index contributed by atoms with van der Waals surface area (Å²) in [7, 11) is 1.67. The third-order valence-corrected chi connectivity index (χ3v) is 6.40. The molecule has 0 aliphatic carbocycles. The predicted octanol–water partition coefficient (Wildman–Crippen LogP) is 5.99. The van der Waals surface area contributed by atoms with Gasteiger partial charge >= 0.3 is 0 Å². The van der Waals surface area contributed by atoms with Gasteiger partial charge in [0.05, 0.1) is 12.0 Å². The van der Waals surface area contributed by atoms with Gasteiger partial charge in [0.2, 0.25) is 0 Å². The molecule has 0 spiro atoms. The highest BCUT2D eigenvalue weighted by molar-refractivity contribution is 7.09. The van der Waals surface area contributed by atoms with Crippen molar-refractivity contribution >= 4 is 22.9 Å². The van der Waals surface area contributed by atoms with Crippen LogP contribution in [0.5, 0.6) is 0 Å². The van der Waals surface area contributed by atoms with E-state index in [0.29, 0.717) is 5.56 Å². The van der Waals surface area contributed by atoms with Crippen LogP contribution < -0.4 is 5.32 Å². The zero-order valence-electron chi connectivity index (χ0n) is 18.3. The molecular weight excluding hydrogens is 418 g/mol. The Labute approximate surface area is 192 Å². The number of nitrogens with zero attached hydrogens (tertiary/aromatic N) is 2. The molecule has 2 unspecified atom stereocenters. The predicted molar refractivity (Wildman–Crippen MR) is 128 cm³/mol. The third-order valence-electron chi connectivity index (χ3n) is 5.56. The summed E-state index contributed by atoms with van der Waals surface area (Å²) in [6.45, 7) is 4.05. The number of aromatic nitrogens is 2. The first-order valence-electron chi connectivity index (χ1n) is 10.4. The smallest absolute Gasteiger partial charge is 0.255 e. The molecule has 1 N–H and O–H groups in total. The van der Waals surface area contributed by atoms with E-state index in [1.54, 1.807) is 24.6 Å². The van der Waals surface area contributed by atoms with Crippen LogP contribution in [0.3, 0.4) is 0 Å². The topological polar surface area (TPSA) is 64.1 Å². The van der Waals surface area contributed by atoms with Gasteiger partial charge in [-0.1, -0.05) is 24.3 Å². The molecule has 0 fully saturated rings. The van der Waals surface area contributed by atoms with Crippen molar-refractivity contribution in [3.63, 3.8) is 0 Å². The molecule has 2 aromatic carbocycles. The monoisotopic (exact) mass is 443 g/mol. The van der Waals surface area contributed by atoms with Crippen LogP contribution in [-0.4, -0.2) is 23.0 Å². The molecule has 2 aromatic heterocycles. The van der Waals surface area contributed by atoms with Gasteiger partial charge in [0, 0.05) is 42.3 Å². The van der Waals surface area contributed by atoms with Crippen LogP contribution in [0.2, 0.25) is 0 Å². The summed E-state index contributed by atoms with van der Waals surface area (Å²) in [5, 5.41) is 6.01. The molecule has 4 aromatic rings. The largest absolute Gasteiger partial charge is 0.377 e. The molecule has 0 saturated carbocycles. The number of thiazole rings is 1. The second kappa shape index (κ2) is 9.85. The van der Waals surface area contributed by atoms with Crippen LogP contribution in [0.4, 0.5) is 5.69 Å².